The predicted molar refractivity (Wildman–Crippen MR) is 103 cm³/mol. The van der Waals surface area contributed by atoms with Gasteiger partial charge < -0.3 is 0 Å². The van der Waals surface area contributed by atoms with Crippen molar-refractivity contribution in [3.05, 3.63) is 53.9 Å². The highest BCUT2D eigenvalue weighted by Crippen LogP contribution is 2.37. The van der Waals surface area contributed by atoms with Crippen molar-refractivity contribution in [1.82, 2.24) is 4.98 Å². The van der Waals surface area contributed by atoms with Crippen LogP contribution in [0.15, 0.2) is 42.6 Å². The zero-order valence-corrected chi connectivity index (χ0v) is 15.3. The van der Waals surface area contributed by atoms with E-state index < -0.39 is 0 Å². The molecule has 1 fully saturated rings. The van der Waals surface area contributed by atoms with Crippen LogP contribution in [0.3, 0.4) is 0 Å². The zero-order chi connectivity index (χ0) is 16.8. The topological polar surface area (TPSA) is 12.9 Å². The van der Waals surface area contributed by atoms with Gasteiger partial charge in [0.2, 0.25) is 0 Å². The van der Waals surface area contributed by atoms with E-state index in [0.29, 0.717) is 5.92 Å². The number of rotatable bonds is 6. The molecule has 24 heavy (non-hydrogen) atoms. The fraction of sp³-hybridized carbons (Fsp3) is 0.522. The van der Waals surface area contributed by atoms with Crippen molar-refractivity contribution in [3.63, 3.8) is 0 Å². The van der Waals surface area contributed by atoms with E-state index >= 15 is 0 Å². The minimum Gasteiger partial charge on any atom is -0.260 e. The third-order valence-electron chi connectivity index (χ3n) is 5.71. The van der Waals surface area contributed by atoms with Crippen molar-refractivity contribution in [2.24, 2.45) is 5.92 Å². The van der Waals surface area contributed by atoms with Gasteiger partial charge in [0.25, 0.3) is 0 Å². The molecule has 0 spiro atoms. The number of pyridine rings is 1. The summed E-state index contributed by atoms with van der Waals surface area (Å²) < 4.78 is 0. The SMILES string of the molecule is CCCC[C@H]1CC[C@H](c2ccc(-c3ccc(CC)cc3)cn2)CC1. The van der Waals surface area contributed by atoms with Crippen molar-refractivity contribution < 1.29 is 0 Å². The van der Waals surface area contributed by atoms with Gasteiger partial charge in [-0.3, -0.25) is 4.98 Å². The van der Waals surface area contributed by atoms with Crippen molar-refractivity contribution in [2.75, 3.05) is 0 Å². The van der Waals surface area contributed by atoms with Gasteiger partial charge in [-0.2, -0.15) is 0 Å². The Labute approximate surface area is 147 Å². The Morgan fingerprint density at radius 3 is 2.17 bits per heavy atom. The van der Waals surface area contributed by atoms with Crippen LogP contribution in [0.2, 0.25) is 0 Å². The maximum atomic E-state index is 4.81. The number of benzene rings is 1. The highest BCUT2D eigenvalue weighted by atomic mass is 14.7. The molecule has 1 aliphatic carbocycles. The Morgan fingerprint density at radius 1 is 0.875 bits per heavy atom. The third-order valence-corrected chi connectivity index (χ3v) is 5.71. The molecule has 0 unspecified atom stereocenters. The van der Waals surface area contributed by atoms with Crippen molar-refractivity contribution in [1.29, 1.82) is 0 Å². The monoisotopic (exact) mass is 321 g/mol. The molecule has 3 rings (SSSR count). The molecule has 1 saturated carbocycles. The quantitative estimate of drug-likeness (QED) is 0.571. The van der Waals surface area contributed by atoms with Crippen molar-refractivity contribution in [3.8, 4) is 11.1 Å². The number of nitrogens with zero attached hydrogens (tertiary/aromatic N) is 1. The highest BCUT2D eigenvalue weighted by molar-refractivity contribution is 5.62. The first-order chi connectivity index (χ1) is 11.8. The maximum absolute atomic E-state index is 4.81. The van der Waals surface area contributed by atoms with Crippen molar-refractivity contribution in [2.45, 2.75) is 71.1 Å². The maximum Gasteiger partial charge on any atom is 0.0434 e. The molecule has 0 radical (unpaired) electrons. The minimum atomic E-state index is 0.680. The van der Waals surface area contributed by atoms with Gasteiger partial charge in [0.15, 0.2) is 0 Å². The molecule has 0 aliphatic heterocycles. The van der Waals surface area contributed by atoms with E-state index in [1.54, 1.807) is 0 Å². The zero-order valence-electron chi connectivity index (χ0n) is 15.3. The molecule has 1 heteroatoms. The summed E-state index contributed by atoms with van der Waals surface area (Å²) in [6, 6.07) is 13.4. The van der Waals surface area contributed by atoms with Gasteiger partial charge in [-0.25, -0.2) is 0 Å². The molecule has 1 heterocycles. The average molecular weight is 322 g/mol. The lowest BCUT2D eigenvalue weighted by Gasteiger charge is -2.28. The van der Waals surface area contributed by atoms with Gasteiger partial charge in [-0.15, -0.1) is 0 Å². The second-order valence-corrected chi connectivity index (χ2v) is 7.38. The molecule has 1 aliphatic rings. The molecule has 2 aromatic rings. The molecule has 128 valence electrons. The lowest BCUT2D eigenvalue weighted by Crippen LogP contribution is -2.14. The number of hydrogen-bond acceptors (Lipinski definition) is 1. The van der Waals surface area contributed by atoms with E-state index in [1.807, 2.05) is 0 Å². The number of aryl methyl sites for hydroxylation is 1. The van der Waals surface area contributed by atoms with Crippen LogP contribution >= 0.6 is 0 Å². The van der Waals surface area contributed by atoms with Crippen LogP contribution in [0.4, 0.5) is 0 Å². The molecule has 0 atom stereocenters. The summed E-state index contributed by atoms with van der Waals surface area (Å²) >= 11 is 0. The fourth-order valence-electron chi connectivity index (χ4n) is 3.99. The summed E-state index contributed by atoms with van der Waals surface area (Å²) in [6.07, 6.45) is 12.8. The molecule has 0 bridgehead atoms. The lowest BCUT2D eigenvalue weighted by molar-refractivity contribution is 0.301. The third kappa shape index (κ3) is 4.26. The van der Waals surface area contributed by atoms with Gasteiger partial charge in [-0.05, 0) is 55.2 Å². The van der Waals surface area contributed by atoms with E-state index in [1.165, 1.54) is 67.3 Å². The Hall–Kier alpha value is -1.63. The lowest BCUT2D eigenvalue weighted by atomic mass is 9.78. The van der Waals surface area contributed by atoms with Crippen LogP contribution in [-0.4, -0.2) is 4.98 Å². The second-order valence-electron chi connectivity index (χ2n) is 7.38. The van der Waals surface area contributed by atoms with Crippen molar-refractivity contribution >= 4 is 0 Å². The Kier molecular flexibility index (Phi) is 6.07. The first-order valence-electron chi connectivity index (χ1n) is 9.85. The summed E-state index contributed by atoms with van der Waals surface area (Å²) in [5.41, 5.74) is 5.20. The van der Waals surface area contributed by atoms with Crippen LogP contribution in [0.1, 0.15) is 76.0 Å². The summed E-state index contributed by atoms with van der Waals surface area (Å²) in [4.78, 5) is 4.81. The number of aromatic nitrogens is 1. The normalized spacial score (nSPS) is 20.9. The standard InChI is InChI=1S/C23H31N/c1-3-5-6-19-9-13-21(14-10-19)23-16-15-22(17-24-23)20-11-7-18(4-2)8-12-20/h7-8,11-12,15-17,19,21H,3-6,9-10,13-14H2,1-2H3/t19-,21-. The Bertz CT molecular complexity index is 603. The smallest absolute Gasteiger partial charge is 0.0434 e. The summed E-state index contributed by atoms with van der Waals surface area (Å²) in [6.45, 7) is 4.50. The molecule has 0 saturated heterocycles. The van der Waals surface area contributed by atoms with Crippen LogP contribution in [0.5, 0.6) is 0 Å². The van der Waals surface area contributed by atoms with E-state index in [4.69, 9.17) is 4.98 Å². The van der Waals surface area contributed by atoms with E-state index in [-0.39, 0.29) is 0 Å². The van der Waals surface area contributed by atoms with E-state index in [2.05, 4.69) is 56.4 Å². The summed E-state index contributed by atoms with van der Waals surface area (Å²) in [5, 5.41) is 0. The summed E-state index contributed by atoms with van der Waals surface area (Å²) in [7, 11) is 0. The van der Waals surface area contributed by atoms with Crippen LogP contribution in [0.25, 0.3) is 11.1 Å². The first kappa shape index (κ1) is 17.2. The molecular formula is C23H31N. The van der Waals surface area contributed by atoms with Gasteiger partial charge in [0.1, 0.15) is 0 Å². The van der Waals surface area contributed by atoms with Gasteiger partial charge >= 0.3 is 0 Å². The molecule has 1 aromatic heterocycles. The molecule has 0 N–H and O–H groups in total. The number of hydrogen-bond donors (Lipinski definition) is 0. The van der Waals surface area contributed by atoms with E-state index in [9.17, 15) is 0 Å². The second kappa shape index (κ2) is 8.46. The van der Waals surface area contributed by atoms with Crippen LogP contribution < -0.4 is 0 Å². The first-order valence-corrected chi connectivity index (χ1v) is 9.85. The van der Waals surface area contributed by atoms with Crippen LogP contribution in [-0.2, 0) is 6.42 Å². The highest BCUT2D eigenvalue weighted by Gasteiger charge is 2.22. The molecular weight excluding hydrogens is 290 g/mol. The average Bonchev–Trinajstić information content (AvgIpc) is 2.67. The molecule has 1 aromatic carbocycles. The van der Waals surface area contributed by atoms with Gasteiger partial charge in [0.05, 0.1) is 0 Å². The largest absolute Gasteiger partial charge is 0.260 e. The Balaban J connectivity index is 1.60. The minimum absolute atomic E-state index is 0.680. The molecule has 1 nitrogen and oxygen atoms in total. The molecule has 0 amide bonds. The van der Waals surface area contributed by atoms with Gasteiger partial charge in [-0.1, -0.05) is 63.4 Å². The summed E-state index contributed by atoms with van der Waals surface area (Å²) in [5.74, 6) is 1.65. The predicted octanol–water partition coefficient (Wildman–Crippen LogP) is 6.78. The number of unbranched alkanes of at least 4 members (excludes halogenated alkanes) is 1. The fourth-order valence-corrected chi connectivity index (χ4v) is 3.99. The van der Waals surface area contributed by atoms with Crippen LogP contribution in [0, 0.1) is 5.92 Å². The van der Waals surface area contributed by atoms with Gasteiger partial charge in [0, 0.05) is 23.4 Å². The Morgan fingerprint density at radius 2 is 1.58 bits per heavy atom. The van der Waals surface area contributed by atoms with E-state index in [0.717, 1.165) is 12.3 Å².